The van der Waals surface area contributed by atoms with Crippen molar-refractivity contribution in [3.63, 3.8) is 0 Å². The van der Waals surface area contributed by atoms with Crippen LogP contribution >= 0.6 is 15.9 Å². The standard InChI is InChI=1S/C26H26BrFN2O5/c1-4-33-22-10-9-19(14-23(22)32-3)26(31)30-29-15-18-12-21(27)25(24(13-18)34-5-2)35-16-17-7-6-8-20(28)11-17/h6-15H,4-5,16H2,1-3H3,(H,30,31)/b29-15+. The molecule has 0 aromatic heterocycles. The smallest absolute Gasteiger partial charge is 0.271 e. The minimum absolute atomic E-state index is 0.172. The lowest BCUT2D eigenvalue weighted by Crippen LogP contribution is -2.17. The van der Waals surface area contributed by atoms with Crippen molar-refractivity contribution in [1.29, 1.82) is 0 Å². The Morgan fingerprint density at radius 1 is 1.00 bits per heavy atom. The summed E-state index contributed by atoms with van der Waals surface area (Å²) in [6, 6.07) is 14.6. The van der Waals surface area contributed by atoms with Gasteiger partial charge < -0.3 is 18.9 Å². The summed E-state index contributed by atoms with van der Waals surface area (Å²) >= 11 is 3.50. The summed E-state index contributed by atoms with van der Waals surface area (Å²) in [4.78, 5) is 12.5. The van der Waals surface area contributed by atoms with Crippen molar-refractivity contribution < 1.29 is 28.1 Å². The summed E-state index contributed by atoms with van der Waals surface area (Å²) < 4.78 is 36.4. The Balaban J connectivity index is 1.71. The minimum Gasteiger partial charge on any atom is -0.493 e. The zero-order valence-electron chi connectivity index (χ0n) is 19.6. The Morgan fingerprint density at radius 3 is 2.49 bits per heavy atom. The van der Waals surface area contributed by atoms with Gasteiger partial charge in [0.1, 0.15) is 12.4 Å². The highest BCUT2D eigenvalue weighted by atomic mass is 79.9. The fourth-order valence-corrected chi connectivity index (χ4v) is 3.74. The molecule has 0 saturated carbocycles. The number of hydrogen-bond donors (Lipinski definition) is 1. The molecule has 0 saturated heterocycles. The summed E-state index contributed by atoms with van der Waals surface area (Å²) in [5.41, 5.74) is 4.24. The van der Waals surface area contributed by atoms with Crippen LogP contribution in [0.5, 0.6) is 23.0 Å². The number of ether oxygens (including phenoxy) is 4. The molecule has 0 radical (unpaired) electrons. The van der Waals surface area contributed by atoms with Crippen molar-refractivity contribution in [1.82, 2.24) is 5.43 Å². The molecular weight excluding hydrogens is 519 g/mol. The molecule has 0 heterocycles. The van der Waals surface area contributed by atoms with Crippen molar-refractivity contribution in [2.75, 3.05) is 20.3 Å². The van der Waals surface area contributed by atoms with E-state index in [0.717, 1.165) is 0 Å². The van der Waals surface area contributed by atoms with Gasteiger partial charge in [-0.15, -0.1) is 0 Å². The van der Waals surface area contributed by atoms with Gasteiger partial charge in [0.25, 0.3) is 5.91 Å². The maximum absolute atomic E-state index is 13.4. The fraction of sp³-hybridized carbons (Fsp3) is 0.231. The third-order valence-corrected chi connectivity index (χ3v) is 5.30. The van der Waals surface area contributed by atoms with E-state index in [1.54, 1.807) is 42.5 Å². The first-order valence-electron chi connectivity index (χ1n) is 10.9. The summed E-state index contributed by atoms with van der Waals surface area (Å²) in [6.45, 7) is 4.80. The number of nitrogens with one attached hydrogen (secondary N) is 1. The van der Waals surface area contributed by atoms with E-state index < -0.39 is 5.91 Å². The molecule has 0 aliphatic rings. The second-order valence-electron chi connectivity index (χ2n) is 7.18. The van der Waals surface area contributed by atoms with Gasteiger partial charge in [0.15, 0.2) is 23.0 Å². The number of carbonyl (C=O) groups is 1. The Morgan fingerprint density at radius 2 is 1.77 bits per heavy atom. The van der Waals surface area contributed by atoms with Crippen molar-refractivity contribution >= 4 is 28.1 Å². The molecule has 0 atom stereocenters. The molecule has 0 fully saturated rings. The Hall–Kier alpha value is -3.59. The van der Waals surface area contributed by atoms with Crippen LogP contribution < -0.4 is 24.4 Å². The predicted molar refractivity (Wildman–Crippen MR) is 135 cm³/mol. The molecule has 1 amide bonds. The van der Waals surface area contributed by atoms with Crippen LogP contribution in [-0.2, 0) is 6.61 Å². The molecule has 3 rings (SSSR count). The van der Waals surface area contributed by atoms with Gasteiger partial charge in [-0.2, -0.15) is 5.10 Å². The zero-order chi connectivity index (χ0) is 25.2. The van der Waals surface area contributed by atoms with E-state index in [-0.39, 0.29) is 12.4 Å². The number of benzene rings is 3. The molecule has 0 unspecified atom stereocenters. The maximum atomic E-state index is 13.4. The first-order chi connectivity index (χ1) is 16.9. The van der Waals surface area contributed by atoms with Gasteiger partial charge in [-0.25, -0.2) is 9.82 Å². The first-order valence-corrected chi connectivity index (χ1v) is 11.7. The van der Waals surface area contributed by atoms with E-state index in [2.05, 4.69) is 26.5 Å². The third kappa shape index (κ3) is 7.19. The number of amides is 1. The summed E-state index contributed by atoms with van der Waals surface area (Å²) in [7, 11) is 1.51. The molecule has 184 valence electrons. The van der Waals surface area contributed by atoms with Crippen LogP contribution in [0.25, 0.3) is 0 Å². The van der Waals surface area contributed by atoms with Gasteiger partial charge >= 0.3 is 0 Å². The SMILES string of the molecule is CCOc1ccc(C(=O)N/N=C/c2cc(Br)c(OCc3cccc(F)c3)c(OCC)c2)cc1OC. The highest BCUT2D eigenvalue weighted by molar-refractivity contribution is 9.10. The Kier molecular flexibility index (Phi) is 9.48. The average Bonchev–Trinajstić information content (AvgIpc) is 2.84. The van der Waals surface area contributed by atoms with E-state index in [4.69, 9.17) is 18.9 Å². The van der Waals surface area contributed by atoms with Gasteiger partial charge in [0.05, 0.1) is 31.0 Å². The van der Waals surface area contributed by atoms with Crippen molar-refractivity contribution in [3.05, 3.63) is 81.6 Å². The maximum Gasteiger partial charge on any atom is 0.271 e. The second-order valence-corrected chi connectivity index (χ2v) is 8.03. The van der Waals surface area contributed by atoms with E-state index in [9.17, 15) is 9.18 Å². The molecule has 0 bridgehead atoms. The number of hydrazone groups is 1. The number of rotatable bonds is 11. The van der Waals surface area contributed by atoms with Crippen LogP contribution in [-0.4, -0.2) is 32.4 Å². The molecule has 3 aromatic rings. The van der Waals surface area contributed by atoms with Gasteiger partial charge in [0, 0.05) is 5.56 Å². The van der Waals surface area contributed by atoms with E-state index in [1.165, 1.54) is 25.5 Å². The molecule has 0 aliphatic carbocycles. The molecule has 3 aromatic carbocycles. The van der Waals surface area contributed by atoms with Crippen LogP contribution in [0.1, 0.15) is 35.3 Å². The van der Waals surface area contributed by atoms with Crippen molar-refractivity contribution in [2.45, 2.75) is 20.5 Å². The number of nitrogens with zero attached hydrogens (tertiary/aromatic N) is 1. The van der Waals surface area contributed by atoms with Gasteiger partial charge in [-0.05, 0) is 83.4 Å². The van der Waals surface area contributed by atoms with Gasteiger partial charge in [-0.1, -0.05) is 12.1 Å². The van der Waals surface area contributed by atoms with E-state index in [0.29, 0.717) is 57.4 Å². The van der Waals surface area contributed by atoms with E-state index in [1.807, 2.05) is 13.8 Å². The average molecular weight is 545 g/mol. The lowest BCUT2D eigenvalue weighted by atomic mass is 10.2. The lowest BCUT2D eigenvalue weighted by Gasteiger charge is -2.14. The number of carbonyl (C=O) groups excluding carboxylic acids is 1. The minimum atomic E-state index is -0.401. The lowest BCUT2D eigenvalue weighted by molar-refractivity contribution is 0.0954. The quantitative estimate of drug-likeness (QED) is 0.246. The first kappa shape index (κ1) is 26.0. The van der Waals surface area contributed by atoms with Crippen LogP contribution in [0.2, 0.25) is 0 Å². The summed E-state index contributed by atoms with van der Waals surface area (Å²) in [5, 5.41) is 4.05. The molecular formula is C26H26BrFN2O5. The Labute approximate surface area is 212 Å². The second kappa shape index (κ2) is 12.8. The highest BCUT2D eigenvalue weighted by Crippen LogP contribution is 2.37. The van der Waals surface area contributed by atoms with Gasteiger partial charge in [-0.3, -0.25) is 4.79 Å². The van der Waals surface area contributed by atoms with Crippen molar-refractivity contribution in [2.24, 2.45) is 5.10 Å². The summed E-state index contributed by atoms with van der Waals surface area (Å²) in [5.74, 6) is 1.26. The monoisotopic (exact) mass is 544 g/mol. The number of hydrogen-bond acceptors (Lipinski definition) is 6. The molecule has 1 N–H and O–H groups in total. The fourth-order valence-electron chi connectivity index (χ4n) is 3.16. The van der Waals surface area contributed by atoms with Crippen LogP contribution in [0, 0.1) is 5.82 Å². The van der Waals surface area contributed by atoms with Crippen LogP contribution in [0.4, 0.5) is 4.39 Å². The predicted octanol–water partition coefficient (Wildman–Crippen LogP) is 5.74. The topological polar surface area (TPSA) is 78.4 Å². The molecule has 7 nitrogen and oxygen atoms in total. The Bertz CT molecular complexity index is 1200. The molecule has 35 heavy (non-hydrogen) atoms. The normalized spacial score (nSPS) is 10.8. The van der Waals surface area contributed by atoms with Crippen LogP contribution in [0.3, 0.4) is 0 Å². The third-order valence-electron chi connectivity index (χ3n) is 4.71. The largest absolute Gasteiger partial charge is 0.493 e. The number of methoxy groups -OCH3 is 1. The van der Waals surface area contributed by atoms with E-state index >= 15 is 0 Å². The summed E-state index contributed by atoms with van der Waals surface area (Å²) in [6.07, 6.45) is 1.49. The molecule has 0 aliphatic heterocycles. The highest BCUT2D eigenvalue weighted by Gasteiger charge is 2.13. The molecule has 0 spiro atoms. The van der Waals surface area contributed by atoms with Crippen molar-refractivity contribution in [3.8, 4) is 23.0 Å². The van der Waals surface area contributed by atoms with Crippen LogP contribution in [0.15, 0.2) is 64.2 Å². The number of halogens is 2. The molecule has 9 heteroatoms. The zero-order valence-corrected chi connectivity index (χ0v) is 21.2. The van der Waals surface area contributed by atoms with Gasteiger partial charge in [0.2, 0.25) is 0 Å².